The van der Waals surface area contributed by atoms with Crippen LogP contribution in [0, 0.1) is 0 Å². The molecule has 0 spiro atoms. The van der Waals surface area contributed by atoms with E-state index in [9.17, 15) is 18.0 Å². The first-order valence-corrected chi connectivity index (χ1v) is 6.75. The molecule has 7 nitrogen and oxygen atoms in total. The van der Waals surface area contributed by atoms with E-state index in [1.54, 1.807) is 0 Å². The minimum Gasteiger partial charge on any atom is -0.481 e. The summed E-state index contributed by atoms with van der Waals surface area (Å²) >= 11 is 0. The summed E-state index contributed by atoms with van der Waals surface area (Å²) in [5.41, 5.74) is 0.101. The van der Waals surface area contributed by atoms with Crippen molar-refractivity contribution in [1.82, 2.24) is 4.72 Å². The van der Waals surface area contributed by atoms with Crippen LogP contribution >= 0.6 is 0 Å². The van der Waals surface area contributed by atoms with Crippen LogP contribution in [0.25, 0.3) is 0 Å². The molecule has 0 bridgehead atoms. The number of rotatable bonds is 6. The van der Waals surface area contributed by atoms with Crippen LogP contribution in [0.2, 0.25) is 0 Å². The van der Waals surface area contributed by atoms with Gasteiger partial charge in [-0.2, -0.15) is 0 Å². The average molecular weight is 287 g/mol. The molecule has 0 heterocycles. The van der Waals surface area contributed by atoms with Gasteiger partial charge in [0.2, 0.25) is 10.0 Å². The number of esters is 1. The number of carboxylic acids is 1. The lowest BCUT2D eigenvalue weighted by Gasteiger charge is -2.06. The summed E-state index contributed by atoms with van der Waals surface area (Å²) in [6.45, 7) is -0.222. The Labute approximate surface area is 110 Å². The van der Waals surface area contributed by atoms with Crippen molar-refractivity contribution >= 4 is 22.0 Å². The first-order chi connectivity index (χ1) is 8.86. The van der Waals surface area contributed by atoms with E-state index in [0.717, 1.165) is 6.07 Å². The molecule has 1 aromatic rings. The van der Waals surface area contributed by atoms with Crippen molar-refractivity contribution in [1.29, 1.82) is 0 Å². The third-order valence-electron chi connectivity index (χ3n) is 2.20. The van der Waals surface area contributed by atoms with Crippen molar-refractivity contribution in [2.45, 2.75) is 11.3 Å². The molecule has 0 saturated heterocycles. The van der Waals surface area contributed by atoms with E-state index < -0.39 is 22.0 Å². The van der Waals surface area contributed by atoms with E-state index in [1.807, 2.05) is 0 Å². The Hall–Kier alpha value is -1.93. The third-order valence-corrected chi connectivity index (χ3v) is 3.66. The molecular weight excluding hydrogens is 274 g/mol. The standard InChI is InChI=1S/C11H13NO6S/c1-18-11(15)8-3-2-4-9(7-8)19(16,17)12-6-5-10(13)14/h2-4,7,12H,5-6H2,1H3,(H,13,14). The predicted molar refractivity (Wildman–Crippen MR) is 65.2 cm³/mol. The van der Waals surface area contributed by atoms with E-state index in [-0.39, 0.29) is 23.4 Å². The predicted octanol–water partition coefficient (Wildman–Crippen LogP) is 0.226. The zero-order valence-electron chi connectivity index (χ0n) is 10.1. The Bertz CT molecular complexity index is 581. The Morgan fingerprint density at radius 3 is 2.63 bits per heavy atom. The SMILES string of the molecule is COC(=O)c1cccc(S(=O)(=O)NCCC(=O)O)c1. The number of methoxy groups -OCH3 is 1. The maximum atomic E-state index is 11.8. The van der Waals surface area contributed by atoms with Crippen molar-refractivity contribution in [3.05, 3.63) is 29.8 Å². The summed E-state index contributed by atoms with van der Waals surface area (Å²) in [6.07, 6.45) is -0.323. The van der Waals surface area contributed by atoms with Crippen LogP contribution in [0.3, 0.4) is 0 Å². The molecule has 104 valence electrons. The number of benzene rings is 1. The van der Waals surface area contributed by atoms with Gasteiger partial charge in [-0.15, -0.1) is 0 Å². The topological polar surface area (TPSA) is 110 Å². The number of nitrogens with one attached hydrogen (secondary N) is 1. The Morgan fingerprint density at radius 1 is 1.37 bits per heavy atom. The summed E-state index contributed by atoms with van der Waals surface area (Å²) in [7, 11) is -2.65. The van der Waals surface area contributed by atoms with Gasteiger partial charge in [-0.1, -0.05) is 6.07 Å². The van der Waals surface area contributed by atoms with Crippen LogP contribution in [0.1, 0.15) is 16.8 Å². The quantitative estimate of drug-likeness (QED) is 0.725. The van der Waals surface area contributed by atoms with Crippen molar-refractivity contribution in [2.75, 3.05) is 13.7 Å². The van der Waals surface area contributed by atoms with Gasteiger partial charge in [-0.05, 0) is 18.2 Å². The molecule has 0 atom stereocenters. The number of ether oxygens (including phenoxy) is 1. The summed E-state index contributed by atoms with van der Waals surface area (Å²) < 4.78 is 30.3. The van der Waals surface area contributed by atoms with Crippen LogP contribution < -0.4 is 4.72 Å². The van der Waals surface area contributed by atoms with Crippen molar-refractivity contribution in [2.24, 2.45) is 0 Å². The lowest BCUT2D eigenvalue weighted by Crippen LogP contribution is -2.26. The second-order valence-electron chi connectivity index (χ2n) is 3.56. The molecule has 0 fully saturated rings. The van der Waals surface area contributed by atoms with Crippen LogP contribution in [0.4, 0.5) is 0 Å². The Kier molecular flexibility index (Phi) is 5.02. The van der Waals surface area contributed by atoms with Gasteiger partial charge < -0.3 is 9.84 Å². The van der Waals surface area contributed by atoms with E-state index >= 15 is 0 Å². The number of carbonyl (C=O) groups is 2. The molecule has 0 amide bonds. The molecule has 19 heavy (non-hydrogen) atoms. The minimum absolute atomic E-state index is 0.101. The lowest BCUT2D eigenvalue weighted by atomic mass is 10.2. The summed E-state index contributed by atoms with van der Waals surface area (Å²) in [5, 5.41) is 8.43. The maximum Gasteiger partial charge on any atom is 0.337 e. The molecule has 8 heteroatoms. The lowest BCUT2D eigenvalue weighted by molar-refractivity contribution is -0.136. The number of sulfonamides is 1. The average Bonchev–Trinajstić information content (AvgIpc) is 2.37. The van der Waals surface area contributed by atoms with Gasteiger partial charge in [0.1, 0.15) is 0 Å². The Morgan fingerprint density at radius 2 is 2.05 bits per heavy atom. The fourth-order valence-electron chi connectivity index (χ4n) is 1.28. The molecule has 1 aromatic carbocycles. The van der Waals surface area contributed by atoms with Gasteiger partial charge in [-0.25, -0.2) is 17.9 Å². The van der Waals surface area contributed by atoms with Crippen LogP contribution in [0.5, 0.6) is 0 Å². The Balaban J connectivity index is 2.89. The van der Waals surface area contributed by atoms with Crippen LogP contribution in [0.15, 0.2) is 29.2 Å². The molecule has 1 rings (SSSR count). The van der Waals surface area contributed by atoms with Gasteiger partial charge in [-0.3, -0.25) is 4.79 Å². The van der Waals surface area contributed by atoms with E-state index in [4.69, 9.17) is 5.11 Å². The van der Waals surface area contributed by atoms with E-state index in [1.165, 1.54) is 25.3 Å². The molecule has 0 unspecified atom stereocenters. The molecule has 0 aliphatic carbocycles. The summed E-state index contributed by atoms with van der Waals surface area (Å²) in [6, 6.07) is 5.28. The van der Waals surface area contributed by atoms with E-state index in [0.29, 0.717) is 0 Å². The highest BCUT2D eigenvalue weighted by Gasteiger charge is 2.16. The zero-order chi connectivity index (χ0) is 14.5. The van der Waals surface area contributed by atoms with Crippen molar-refractivity contribution in [3.8, 4) is 0 Å². The van der Waals surface area contributed by atoms with Crippen molar-refractivity contribution < 1.29 is 27.9 Å². The third kappa shape index (κ3) is 4.34. The molecule has 2 N–H and O–H groups in total. The zero-order valence-corrected chi connectivity index (χ0v) is 10.9. The monoisotopic (exact) mass is 287 g/mol. The van der Waals surface area contributed by atoms with Crippen molar-refractivity contribution in [3.63, 3.8) is 0 Å². The maximum absolute atomic E-state index is 11.8. The number of hydrogen-bond acceptors (Lipinski definition) is 5. The normalized spacial score (nSPS) is 11.0. The minimum atomic E-state index is -3.84. The fraction of sp³-hybridized carbons (Fsp3) is 0.273. The number of hydrogen-bond donors (Lipinski definition) is 2. The fourth-order valence-corrected chi connectivity index (χ4v) is 2.36. The smallest absolute Gasteiger partial charge is 0.337 e. The first-order valence-electron chi connectivity index (χ1n) is 5.26. The molecular formula is C11H13NO6S. The van der Waals surface area contributed by atoms with Gasteiger partial charge in [0.05, 0.1) is 24.0 Å². The number of carbonyl (C=O) groups excluding carboxylic acids is 1. The second-order valence-corrected chi connectivity index (χ2v) is 5.33. The van der Waals surface area contributed by atoms with Gasteiger partial charge in [0.25, 0.3) is 0 Å². The van der Waals surface area contributed by atoms with Crippen LogP contribution in [-0.4, -0.2) is 39.1 Å². The molecule has 0 aromatic heterocycles. The van der Waals surface area contributed by atoms with Gasteiger partial charge in [0, 0.05) is 6.54 Å². The second kappa shape index (κ2) is 6.30. The molecule has 0 saturated carbocycles. The van der Waals surface area contributed by atoms with E-state index in [2.05, 4.69) is 9.46 Å². The van der Waals surface area contributed by atoms with Gasteiger partial charge >= 0.3 is 11.9 Å². The number of carboxylic acid groups (broad SMARTS) is 1. The van der Waals surface area contributed by atoms with Gasteiger partial charge in [0.15, 0.2) is 0 Å². The number of aliphatic carboxylic acids is 1. The largest absolute Gasteiger partial charge is 0.481 e. The van der Waals surface area contributed by atoms with Crippen LogP contribution in [-0.2, 0) is 19.6 Å². The molecule has 0 aliphatic rings. The first kappa shape index (κ1) is 15.1. The molecule has 0 aliphatic heterocycles. The molecule has 0 radical (unpaired) electrons. The summed E-state index contributed by atoms with van der Waals surface area (Å²) in [4.78, 5) is 21.5. The highest BCUT2D eigenvalue weighted by Crippen LogP contribution is 2.12. The highest BCUT2D eigenvalue weighted by atomic mass is 32.2. The summed E-state index contributed by atoms with van der Waals surface area (Å²) in [5.74, 6) is -1.76. The highest BCUT2D eigenvalue weighted by molar-refractivity contribution is 7.89.